The highest BCUT2D eigenvalue weighted by molar-refractivity contribution is 7.80. The molecule has 6 nitrogen and oxygen atoms in total. The van der Waals surface area contributed by atoms with Crippen LogP contribution in [0.5, 0.6) is 0 Å². The fraction of sp³-hybridized carbons (Fsp3) is 1.00. The molecule has 1 unspecified atom stereocenters. The van der Waals surface area contributed by atoms with Crippen molar-refractivity contribution in [3.8, 4) is 0 Å². The van der Waals surface area contributed by atoms with Gasteiger partial charge in [-0.05, 0) is 51.4 Å². The van der Waals surface area contributed by atoms with Gasteiger partial charge in [0.1, 0.15) is 11.1 Å². The predicted molar refractivity (Wildman–Crippen MR) is 70.2 cm³/mol. The fourth-order valence-electron chi connectivity index (χ4n) is 2.56. The zero-order chi connectivity index (χ0) is 13.7. The first-order valence-electron chi connectivity index (χ1n) is 6.95. The normalized spacial score (nSPS) is 38.0. The summed E-state index contributed by atoms with van der Waals surface area (Å²) in [6.07, 6.45) is 5.09. The average Bonchev–Trinajstić information content (AvgIpc) is 2.41. The van der Waals surface area contributed by atoms with Gasteiger partial charge >= 0.3 is 0 Å². The zero-order valence-corrected chi connectivity index (χ0v) is 11.8. The van der Waals surface area contributed by atoms with E-state index in [0.29, 0.717) is 38.5 Å². The second kappa shape index (κ2) is 7.66. The number of rotatable bonds is 5. The highest BCUT2D eigenvalue weighted by atomic mass is 32.2. The molecule has 0 aromatic carbocycles. The molecule has 2 N–H and O–H groups in total. The Bertz CT molecular complexity index is 288. The van der Waals surface area contributed by atoms with Crippen molar-refractivity contribution in [1.82, 2.24) is 0 Å². The van der Waals surface area contributed by atoms with Crippen LogP contribution < -0.4 is 0 Å². The van der Waals surface area contributed by atoms with Crippen molar-refractivity contribution in [3.05, 3.63) is 5.64 Å². The molecule has 0 heterocycles. The molecule has 2 saturated carbocycles. The van der Waals surface area contributed by atoms with Crippen LogP contribution in [-0.4, -0.2) is 38.0 Å². The van der Waals surface area contributed by atoms with Crippen LogP contribution in [-0.2, 0) is 20.2 Å². The molecule has 2 aliphatic rings. The van der Waals surface area contributed by atoms with E-state index in [2.05, 4.69) is 5.64 Å². The van der Waals surface area contributed by atoms with E-state index in [0.717, 1.165) is 12.8 Å². The number of hydrogen-bond donors (Lipinski definition) is 2. The molecular formula is C12H22NO5S-. The number of hydrogen-bond acceptors (Lipinski definition) is 5. The van der Waals surface area contributed by atoms with Crippen molar-refractivity contribution in [1.29, 1.82) is 0 Å². The predicted octanol–water partition coefficient (Wildman–Crippen LogP) is 1.49. The highest BCUT2D eigenvalue weighted by Crippen LogP contribution is 2.25. The van der Waals surface area contributed by atoms with Gasteiger partial charge in [-0.1, -0.05) is 0 Å². The van der Waals surface area contributed by atoms with E-state index in [1.807, 2.05) is 0 Å². The Morgan fingerprint density at radius 3 is 2.00 bits per heavy atom. The molecule has 0 aromatic heterocycles. The van der Waals surface area contributed by atoms with Crippen LogP contribution in [0.25, 0.3) is 5.64 Å². The summed E-state index contributed by atoms with van der Waals surface area (Å²) in [5, 5.41) is 18.6. The Hall–Kier alpha value is -0.0500. The van der Waals surface area contributed by atoms with Gasteiger partial charge in [0.05, 0.1) is 17.5 Å². The van der Waals surface area contributed by atoms with Gasteiger partial charge < -0.3 is 25.0 Å². The van der Waals surface area contributed by atoms with Crippen LogP contribution in [0.15, 0.2) is 0 Å². The van der Waals surface area contributed by atoms with E-state index in [4.69, 9.17) is 9.12 Å². The summed E-state index contributed by atoms with van der Waals surface area (Å²) in [6.45, 7) is 0. The van der Waals surface area contributed by atoms with Gasteiger partial charge in [0, 0.05) is 6.10 Å². The Balaban J connectivity index is 1.59. The van der Waals surface area contributed by atoms with Crippen molar-refractivity contribution in [3.63, 3.8) is 0 Å². The van der Waals surface area contributed by atoms with Crippen molar-refractivity contribution < 1.29 is 23.5 Å². The molecule has 19 heavy (non-hydrogen) atoms. The molecule has 1 atom stereocenters. The van der Waals surface area contributed by atoms with E-state index in [9.17, 15) is 14.4 Å². The van der Waals surface area contributed by atoms with E-state index in [-0.39, 0.29) is 23.6 Å². The minimum Gasteiger partial charge on any atom is -0.458 e. The van der Waals surface area contributed by atoms with Crippen molar-refractivity contribution in [2.45, 2.75) is 74.9 Å². The van der Waals surface area contributed by atoms with E-state index in [1.165, 1.54) is 0 Å². The minimum atomic E-state index is -1.48. The molecule has 2 fully saturated rings. The molecule has 0 saturated heterocycles. The first-order valence-corrected chi connectivity index (χ1v) is 8.09. The monoisotopic (exact) mass is 292 g/mol. The first kappa shape index (κ1) is 15.3. The molecule has 0 amide bonds. The Morgan fingerprint density at radius 1 is 0.895 bits per heavy atom. The Kier molecular flexibility index (Phi) is 6.18. The maximum atomic E-state index is 11.8. The largest absolute Gasteiger partial charge is 0.458 e. The fourth-order valence-corrected chi connectivity index (χ4v) is 3.43. The standard InChI is InChI=1S/C12H22NO5S/c14-9-1-5-11(6-2-9)17-13-18-19(16)12-7-3-10(15)4-8-12/h9-12,14-15H,1-8H2/q-1. The molecule has 0 aliphatic heterocycles. The lowest BCUT2D eigenvalue weighted by Crippen LogP contribution is -2.27. The Labute approximate surface area is 116 Å². The average molecular weight is 292 g/mol. The number of aliphatic hydroxyl groups excluding tert-OH is 2. The summed E-state index contributed by atoms with van der Waals surface area (Å²) in [5.41, 5.74) is 3.47. The van der Waals surface area contributed by atoms with Crippen LogP contribution in [0.2, 0.25) is 0 Å². The van der Waals surface area contributed by atoms with Gasteiger partial charge in [-0.3, -0.25) is 0 Å². The topological polar surface area (TPSA) is 90.1 Å². The van der Waals surface area contributed by atoms with Crippen LogP contribution in [0.4, 0.5) is 0 Å². The van der Waals surface area contributed by atoms with Crippen molar-refractivity contribution >= 4 is 11.1 Å². The summed E-state index contributed by atoms with van der Waals surface area (Å²) < 4.78 is 16.7. The summed E-state index contributed by atoms with van der Waals surface area (Å²) in [6, 6.07) is 0. The van der Waals surface area contributed by atoms with Gasteiger partial charge in [-0.25, -0.2) is 4.21 Å². The molecule has 0 spiro atoms. The smallest absolute Gasteiger partial charge is 0.143 e. The molecule has 112 valence electrons. The third-order valence-corrected chi connectivity index (χ3v) is 5.08. The summed E-state index contributed by atoms with van der Waals surface area (Å²) >= 11 is -1.48. The third kappa shape index (κ3) is 5.09. The Morgan fingerprint density at radius 2 is 1.42 bits per heavy atom. The van der Waals surface area contributed by atoms with Crippen LogP contribution in [0.1, 0.15) is 51.4 Å². The van der Waals surface area contributed by atoms with Gasteiger partial charge in [0.15, 0.2) is 0 Å². The van der Waals surface area contributed by atoms with E-state index >= 15 is 0 Å². The van der Waals surface area contributed by atoms with Crippen molar-refractivity contribution in [2.75, 3.05) is 0 Å². The zero-order valence-electron chi connectivity index (χ0n) is 10.9. The third-order valence-electron chi connectivity index (χ3n) is 3.86. The molecule has 0 aromatic rings. The molecule has 0 bridgehead atoms. The number of nitrogens with zero attached hydrogens (tertiary/aromatic N) is 1. The molecule has 2 rings (SSSR count). The lowest BCUT2D eigenvalue weighted by Gasteiger charge is -2.33. The first-order chi connectivity index (χ1) is 9.15. The maximum Gasteiger partial charge on any atom is 0.143 e. The summed E-state index contributed by atoms with van der Waals surface area (Å²) in [5.74, 6) is 0. The van der Waals surface area contributed by atoms with E-state index in [1.54, 1.807) is 0 Å². The van der Waals surface area contributed by atoms with E-state index < -0.39 is 11.1 Å². The van der Waals surface area contributed by atoms with Crippen LogP contribution in [0, 0.1) is 0 Å². The highest BCUT2D eigenvalue weighted by Gasteiger charge is 2.24. The lowest BCUT2D eigenvalue weighted by molar-refractivity contribution is -0.00282. The second-order valence-corrected chi connectivity index (χ2v) is 6.71. The minimum absolute atomic E-state index is 0.0476. The second-order valence-electron chi connectivity index (χ2n) is 5.38. The SMILES string of the molecule is O=S(O[N-]OC1CCC(O)CC1)C1CCC(O)CC1. The van der Waals surface area contributed by atoms with Gasteiger partial charge in [-0.2, -0.15) is 0 Å². The summed E-state index contributed by atoms with van der Waals surface area (Å²) in [4.78, 5) is 5.16. The van der Waals surface area contributed by atoms with Crippen LogP contribution >= 0.6 is 0 Å². The van der Waals surface area contributed by atoms with Crippen LogP contribution in [0.3, 0.4) is 0 Å². The number of aliphatic hydroxyl groups is 2. The van der Waals surface area contributed by atoms with Crippen molar-refractivity contribution in [2.24, 2.45) is 0 Å². The maximum absolute atomic E-state index is 11.8. The van der Waals surface area contributed by atoms with Gasteiger partial charge in [0.25, 0.3) is 0 Å². The summed E-state index contributed by atoms with van der Waals surface area (Å²) in [7, 11) is 0. The molecule has 0 radical (unpaired) electrons. The molecule has 7 heteroatoms. The lowest BCUT2D eigenvalue weighted by atomic mass is 9.95. The van der Waals surface area contributed by atoms with Gasteiger partial charge in [0.2, 0.25) is 0 Å². The molecule has 2 aliphatic carbocycles. The molecular weight excluding hydrogens is 270 g/mol. The quantitative estimate of drug-likeness (QED) is 0.749. The van der Waals surface area contributed by atoms with Gasteiger partial charge in [-0.15, -0.1) is 0 Å².